The Hall–Kier alpha value is -1.45. The van der Waals surface area contributed by atoms with E-state index in [9.17, 15) is 4.79 Å². The van der Waals surface area contributed by atoms with E-state index < -0.39 is 5.97 Å². The third-order valence-corrected chi connectivity index (χ3v) is 0.634. The molecule has 5 N–H and O–H groups in total. The van der Waals surface area contributed by atoms with Gasteiger partial charge in [0.15, 0.2) is 0 Å². The molecule has 0 atom stereocenters. The van der Waals surface area contributed by atoms with Crippen LogP contribution in [-0.4, -0.2) is 11.1 Å². The lowest BCUT2D eigenvalue weighted by atomic mass is 10.4. The molecule has 50 valence electrons. The fourth-order valence-corrected chi connectivity index (χ4v) is 0.231. The van der Waals surface area contributed by atoms with Gasteiger partial charge in [-0.2, -0.15) is 0 Å². The van der Waals surface area contributed by atoms with E-state index in [1.165, 1.54) is 18.4 Å². The fraction of sp³-hybridized carbons (Fsp3) is 0. The van der Waals surface area contributed by atoms with Gasteiger partial charge in [0.1, 0.15) is 5.70 Å². The molecule has 0 aromatic heterocycles. The quantitative estimate of drug-likeness (QED) is 0.341. The molecule has 0 aliphatic rings. The average molecular weight is 128 g/mol. The number of carbonyl (C=O) groups is 1. The molecule has 9 heavy (non-hydrogen) atoms. The lowest BCUT2D eigenvalue weighted by Gasteiger charge is -1.86. The van der Waals surface area contributed by atoms with Gasteiger partial charge in [0.05, 0.1) is 0 Å². The second kappa shape index (κ2) is 3.54. The molecule has 0 aromatic carbocycles. The summed E-state index contributed by atoms with van der Waals surface area (Å²) in [6.07, 6.45) is 3.77. The van der Waals surface area contributed by atoms with Gasteiger partial charge in [-0.25, -0.2) is 4.79 Å². The van der Waals surface area contributed by atoms with Crippen LogP contribution in [0.2, 0.25) is 0 Å². The molecule has 0 aromatic rings. The standard InChI is InChI=1S/C5H8N2O2/c6-3-1-2-4(7)5(8)9/h1-3H,6-7H2,(H,8,9)/b3-1-,4-2-. The molecule has 4 heteroatoms. The van der Waals surface area contributed by atoms with Crippen LogP contribution in [0.4, 0.5) is 0 Å². The van der Waals surface area contributed by atoms with Gasteiger partial charge in [-0.3, -0.25) is 0 Å². The highest BCUT2D eigenvalue weighted by Crippen LogP contribution is 1.82. The topological polar surface area (TPSA) is 89.3 Å². The maximum atomic E-state index is 9.94. The van der Waals surface area contributed by atoms with Crippen molar-refractivity contribution in [3.63, 3.8) is 0 Å². The number of aliphatic carboxylic acids is 1. The Labute approximate surface area is 52.5 Å². The highest BCUT2D eigenvalue weighted by Gasteiger charge is 1.95. The molecule has 4 nitrogen and oxygen atoms in total. The van der Waals surface area contributed by atoms with Crippen LogP contribution in [0.3, 0.4) is 0 Å². The molecule has 0 spiro atoms. The van der Waals surface area contributed by atoms with Crippen molar-refractivity contribution in [2.75, 3.05) is 0 Å². The second-order valence-electron chi connectivity index (χ2n) is 1.31. The summed E-state index contributed by atoms with van der Waals surface area (Å²) < 4.78 is 0. The zero-order valence-corrected chi connectivity index (χ0v) is 4.74. The maximum Gasteiger partial charge on any atom is 0.351 e. The Morgan fingerprint density at radius 1 is 1.56 bits per heavy atom. The molecule has 0 amide bonds. The van der Waals surface area contributed by atoms with Crippen LogP contribution in [0.15, 0.2) is 24.0 Å². The summed E-state index contributed by atoms with van der Waals surface area (Å²) in [6.45, 7) is 0. The number of hydrogen-bond acceptors (Lipinski definition) is 3. The molecule has 0 aliphatic heterocycles. The lowest BCUT2D eigenvalue weighted by Crippen LogP contribution is -2.08. The number of carboxylic acid groups (broad SMARTS) is 1. The summed E-state index contributed by atoms with van der Waals surface area (Å²) in [5, 5.41) is 8.14. The summed E-state index contributed by atoms with van der Waals surface area (Å²) >= 11 is 0. The van der Waals surface area contributed by atoms with Crippen LogP contribution in [0.1, 0.15) is 0 Å². The smallest absolute Gasteiger partial charge is 0.351 e. The first-order valence-electron chi connectivity index (χ1n) is 2.26. The zero-order chi connectivity index (χ0) is 7.28. The third-order valence-electron chi connectivity index (χ3n) is 0.634. The molecule has 0 heterocycles. The number of rotatable bonds is 2. The highest BCUT2D eigenvalue weighted by molar-refractivity contribution is 5.85. The third kappa shape index (κ3) is 3.16. The summed E-state index contributed by atoms with van der Waals surface area (Å²) in [4.78, 5) is 9.94. The maximum absolute atomic E-state index is 9.94. The molecular weight excluding hydrogens is 120 g/mol. The SMILES string of the molecule is N/C=C\C=C(/N)C(=O)O. The van der Waals surface area contributed by atoms with Crippen LogP contribution in [0.5, 0.6) is 0 Å². The zero-order valence-electron chi connectivity index (χ0n) is 4.74. The van der Waals surface area contributed by atoms with Gasteiger partial charge < -0.3 is 16.6 Å². The van der Waals surface area contributed by atoms with Crippen LogP contribution < -0.4 is 11.5 Å². The van der Waals surface area contributed by atoms with Gasteiger partial charge in [0.2, 0.25) is 0 Å². The van der Waals surface area contributed by atoms with Gasteiger partial charge in [0, 0.05) is 0 Å². The van der Waals surface area contributed by atoms with Gasteiger partial charge in [-0.15, -0.1) is 0 Å². The molecule has 0 fully saturated rings. The summed E-state index contributed by atoms with van der Waals surface area (Å²) in [7, 11) is 0. The fourth-order valence-electron chi connectivity index (χ4n) is 0.231. The molecule has 0 radical (unpaired) electrons. The molecule has 0 rings (SSSR count). The Bertz CT molecular complexity index is 160. The summed E-state index contributed by atoms with van der Waals surface area (Å²) in [6, 6.07) is 0. The van der Waals surface area contributed by atoms with E-state index in [0.717, 1.165) is 0 Å². The van der Waals surface area contributed by atoms with E-state index in [4.69, 9.17) is 16.6 Å². The lowest BCUT2D eigenvalue weighted by molar-refractivity contribution is -0.132. The highest BCUT2D eigenvalue weighted by atomic mass is 16.4. The van der Waals surface area contributed by atoms with Crippen LogP contribution in [-0.2, 0) is 4.79 Å². The molecule has 0 bridgehead atoms. The number of carboxylic acids is 1. The van der Waals surface area contributed by atoms with Crippen LogP contribution in [0.25, 0.3) is 0 Å². The van der Waals surface area contributed by atoms with E-state index in [-0.39, 0.29) is 5.70 Å². The van der Waals surface area contributed by atoms with Crippen LogP contribution >= 0.6 is 0 Å². The van der Waals surface area contributed by atoms with E-state index in [2.05, 4.69) is 0 Å². The molecule has 0 saturated carbocycles. The molecule has 0 aliphatic carbocycles. The first kappa shape index (κ1) is 7.55. The predicted molar refractivity (Wildman–Crippen MR) is 33.2 cm³/mol. The monoisotopic (exact) mass is 128 g/mol. The summed E-state index contributed by atoms with van der Waals surface area (Å²) in [5.41, 5.74) is 9.64. The van der Waals surface area contributed by atoms with Crippen molar-refractivity contribution in [1.82, 2.24) is 0 Å². The predicted octanol–water partition coefficient (Wildman–Crippen LogP) is -0.614. The van der Waals surface area contributed by atoms with E-state index in [0.29, 0.717) is 0 Å². The van der Waals surface area contributed by atoms with Crippen molar-refractivity contribution < 1.29 is 9.90 Å². The number of hydrogen-bond donors (Lipinski definition) is 3. The van der Waals surface area contributed by atoms with Gasteiger partial charge >= 0.3 is 5.97 Å². The van der Waals surface area contributed by atoms with E-state index >= 15 is 0 Å². The number of allylic oxidation sites excluding steroid dienone is 2. The minimum absolute atomic E-state index is 0.225. The van der Waals surface area contributed by atoms with Gasteiger partial charge in [0.25, 0.3) is 0 Å². The first-order valence-corrected chi connectivity index (χ1v) is 2.26. The molecule has 0 saturated heterocycles. The van der Waals surface area contributed by atoms with Crippen molar-refractivity contribution in [2.45, 2.75) is 0 Å². The Kier molecular flexibility index (Phi) is 2.97. The Morgan fingerprint density at radius 2 is 2.11 bits per heavy atom. The van der Waals surface area contributed by atoms with E-state index in [1.807, 2.05) is 0 Å². The van der Waals surface area contributed by atoms with Crippen molar-refractivity contribution in [1.29, 1.82) is 0 Å². The first-order chi connectivity index (χ1) is 4.18. The summed E-state index contributed by atoms with van der Waals surface area (Å²) in [5.74, 6) is -1.15. The normalized spacial score (nSPS) is 12.2. The van der Waals surface area contributed by atoms with Crippen molar-refractivity contribution in [3.8, 4) is 0 Å². The van der Waals surface area contributed by atoms with Crippen LogP contribution in [0, 0.1) is 0 Å². The molecular formula is C5H8N2O2. The van der Waals surface area contributed by atoms with E-state index in [1.54, 1.807) is 0 Å². The average Bonchev–Trinajstić information content (AvgIpc) is 1.82. The van der Waals surface area contributed by atoms with Crippen molar-refractivity contribution >= 4 is 5.97 Å². The Morgan fingerprint density at radius 3 is 2.44 bits per heavy atom. The van der Waals surface area contributed by atoms with Gasteiger partial charge in [-0.1, -0.05) is 0 Å². The van der Waals surface area contributed by atoms with Crippen molar-refractivity contribution in [3.05, 3.63) is 24.0 Å². The van der Waals surface area contributed by atoms with Crippen molar-refractivity contribution in [2.24, 2.45) is 11.5 Å². The minimum Gasteiger partial charge on any atom is -0.477 e. The molecule has 0 unspecified atom stereocenters. The second-order valence-corrected chi connectivity index (χ2v) is 1.31. The number of nitrogens with two attached hydrogens (primary N) is 2. The Balaban J connectivity index is 4.00. The van der Waals surface area contributed by atoms with Gasteiger partial charge in [-0.05, 0) is 18.4 Å². The minimum atomic E-state index is -1.15. The largest absolute Gasteiger partial charge is 0.477 e.